The molecule has 1 saturated heterocycles. The van der Waals surface area contributed by atoms with E-state index < -0.39 is 0 Å². The van der Waals surface area contributed by atoms with Crippen molar-refractivity contribution in [2.75, 3.05) is 44.3 Å². The average Bonchev–Trinajstić information content (AvgIpc) is 3.18. The summed E-state index contributed by atoms with van der Waals surface area (Å²) >= 11 is 7.75. The van der Waals surface area contributed by atoms with Gasteiger partial charge in [-0.15, -0.1) is 0 Å². The zero-order valence-electron chi connectivity index (χ0n) is 18.6. The highest BCUT2D eigenvalue weighted by molar-refractivity contribution is 7.22. The van der Waals surface area contributed by atoms with Crippen LogP contribution in [0.3, 0.4) is 0 Å². The van der Waals surface area contributed by atoms with Crippen molar-refractivity contribution in [3.63, 3.8) is 0 Å². The summed E-state index contributed by atoms with van der Waals surface area (Å²) < 4.78 is 12.2. The predicted molar refractivity (Wildman–Crippen MR) is 131 cm³/mol. The Hall–Kier alpha value is -2.19. The highest BCUT2D eigenvalue weighted by atomic mass is 35.5. The fourth-order valence-electron chi connectivity index (χ4n) is 3.71. The number of thiazole rings is 1. The fraction of sp³-hybridized carbons (Fsp3) is 0.417. The number of fused-ring (bicyclic) bond motifs is 1. The predicted octanol–water partition coefficient (Wildman–Crippen LogP) is 5.02. The zero-order chi connectivity index (χ0) is 22.7. The molecule has 1 aromatic heterocycles. The molecule has 0 unspecified atom stereocenters. The van der Waals surface area contributed by atoms with Crippen LogP contribution in [0.25, 0.3) is 10.2 Å². The van der Waals surface area contributed by atoms with Gasteiger partial charge in [-0.1, -0.05) is 22.9 Å². The third-order valence-electron chi connectivity index (χ3n) is 5.33. The van der Waals surface area contributed by atoms with Crippen LogP contribution in [0.2, 0.25) is 5.02 Å². The topological polar surface area (TPSA) is 54.9 Å². The average molecular weight is 474 g/mol. The van der Waals surface area contributed by atoms with Crippen molar-refractivity contribution in [2.45, 2.75) is 26.9 Å². The number of nitrogens with zero attached hydrogens (tertiary/aromatic N) is 3. The Morgan fingerprint density at radius 1 is 1.25 bits per heavy atom. The van der Waals surface area contributed by atoms with Gasteiger partial charge >= 0.3 is 0 Å². The quantitative estimate of drug-likeness (QED) is 0.482. The van der Waals surface area contributed by atoms with Gasteiger partial charge in [0, 0.05) is 36.8 Å². The molecule has 170 valence electrons. The molecule has 3 aromatic rings. The number of ether oxygens (including phenoxy) is 2. The number of benzene rings is 2. The lowest BCUT2D eigenvalue weighted by molar-refractivity contribution is 0.0391. The van der Waals surface area contributed by atoms with Crippen molar-refractivity contribution in [3.05, 3.63) is 52.5 Å². The number of carbonyl (C=O) groups excluding carboxylic acids is 1. The normalized spacial score (nSPS) is 14.8. The lowest BCUT2D eigenvalue weighted by Crippen LogP contribution is -2.43. The summed E-state index contributed by atoms with van der Waals surface area (Å²) in [4.78, 5) is 22.5. The number of rotatable bonds is 7. The monoisotopic (exact) mass is 473 g/mol. The molecule has 0 aliphatic carbocycles. The second-order valence-corrected chi connectivity index (χ2v) is 9.61. The van der Waals surface area contributed by atoms with Crippen LogP contribution >= 0.6 is 22.9 Å². The van der Waals surface area contributed by atoms with E-state index in [-0.39, 0.29) is 12.0 Å². The van der Waals surface area contributed by atoms with E-state index in [0.717, 1.165) is 54.4 Å². The Morgan fingerprint density at radius 3 is 2.66 bits per heavy atom. The maximum Gasteiger partial charge on any atom is 0.260 e. The van der Waals surface area contributed by atoms with Gasteiger partial charge in [-0.2, -0.15) is 0 Å². The molecule has 1 amide bonds. The molecular weight excluding hydrogens is 446 g/mol. The number of halogens is 1. The van der Waals surface area contributed by atoms with Gasteiger partial charge in [-0.3, -0.25) is 14.6 Å². The van der Waals surface area contributed by atoms with Crippen molar-refractivity contribution < 1.29 is 14.3 Å². The lowest BCUT2D eigenvalue weighted by atomic mass is 10.2. The number of anilines is 1. The number of carbonyl (C=O) groups is 1. The molecular formula is C24H28ClN3O3S. The molecule has 0 spiro atoms. The molecule has 32 heavy (non-hydrogen) atoms. The molecule has 1 aliphatic heterocycles. The molecule has 0 radical (unpaired) electrons. The summed E-state index contributed by atoms with van der Waals surface area (Å²) in [6, 6.07) is 11.1. The first kappa shape index (κ1) is 23.0. The second-order valence-electron chi connectivity index (χ2n) is 8.17. The van der Waals surface area contributed by atoms with E-state index in [9.17, 15) is 4.79 Å². The first-order valence-electron chi connectivity index (χ1n) is 10.9. The molecule has 1 fully saturated rings. The SMILES string of the molecule is Cc1cc(Cl)cc2sc(N(CCN3CCOCC3)C(=O)c3ccc(OC(C)C)cc3)nc12. The van der Waals surface area contributed by atoms with Gasteiger partial charge in [-0.25, -0.2) is 4.98 Å². The minimum absolute atomic E-state index is 0.0721. The van der Waals surface area contributed by atoms with Crippen LogP contribution in [-0.2, 0) is 4.74 Å². The molecule has 8 heteroatoms. The Morgan fingerprint density at radius 2 is 1.97 bits per heavy atom. The molecule has 0 saturated carbocycles. The van der Waals surface area contributed by atoms with E-state index in [4.69, 9.17) is 26.1 Å². The molecule has 4 rings (SSSR count). The zero-order valence-corrected chi connectivity index (χ0v) is 20.2. The van der Waals surface area contributed by atoms with Gasteiger partial charge in [0.15, 0.2) is 5.13 Å². The van der Waals surface area contributed by atoms with Gasteiger partial charge in [0.2, 0.25) is 0 Å². The fourth-order valence-corrected chi connectivity index (χ4v) is 5.16. The first-order valence-corrected chi connectivity index (χ1v) is 12.1. The summed E-state index contributed by atoms with van der Waals surface area (Å²) in [5.74, 6) is 0.679. The number of aryl methyl sites for hydroxylation is 1. The molecule has 2 aromatic carbocycles. The maximum atomic E-state index is 13.6. The molecule has 0 bridgehead atoms. The highest BCUT2D eigenvalue weighted by Crippen LogP contribution is 2.33. The van der Waals surface area contributed by atoms with Crippen LogP contribution in [0.15, 0.2) is 36.4 Å². The van der Waals surface area contributed by atoms with E-state index in [1.165, 1.54) is 11.3 Å². The molecule has 6 nitrogen and oxygen atoms in total. The van der Waals surface area contributed by atoms with E-state index in [2.05, 4.69) is 4.90 Å². The summed E-state index contributed by atoms with van der Waals surface area (Å²) in [7, 11) is 0. The van der Waals surface area contributed by atoms with Gasteiger partial charge < -0.3 is 9.47 Å². The Bertz CT molecular complexity index is 1080. The summed E-state index contributed by atoms with van der Waals surface area (Å²) in [6.45, 7) is 10.5. The van der Waals surface area contributed by atoms with Gasteiger partial charge in [0.05, 0.1) is 29.5 Å². The van der Waals surface area contributed by atoms with Crippen LogP contribution in [-0.4, -0.2) is 61.3 Å². The van der Waals surface area contributed by atoms with Crippen molar-refractivity contribution in [1.82, 2.24) is 9.88 Å². The summed E-state index contributed by atoms with van der Waals surface area (Å²) in [6.07, 6.45) is 0.0828. The van der Waals surface area contributed by atoms with E-state index in [1.807, 2.05) is 57.2 Å². The Balaban J connectivity index is 1.62. The molecule has 2 heterocycles. The van der Waals surface area contributed by atoms with Crippen LogP contribution in [0.5, 0.6) is 5.75 Å². The highest BCUT2D eigenvalue weighted by Gasteiger charge is 2.23. The van der Waals surface area contributed by atoms with Crippen LogP contribution in [0.1, 0.15) is 29.8 Å². The number of aromatic nitrogens is 1. The standard InChI is InChI=1S/C24H28ClN3O3S/c1-16(2)31-20-6-4-18(5-7-20)23(29)28(9-8-27-10-12-30-13-11-27)24-26-22-17(3)14-19(25)15-21(22)32-24/h4-7,14-16H,8-13H2,1-3H3. The van der Waals surface area contributed by atoms with Gasteiger partial charge in [0.1, 0.15) is 5.75 Å². The van der Waals surface area contributed by atoms with E-state index >= 15 is 0 Å². The largest absolute Gasteiger partial charge is 0.491 e. The second kappa shape index (κ2) is 10.2. The number of hydrogen-bond acceptors (Lipinski definition) is 6. The van der Waals surface area contributed by atoms with Gasteiger partial charge in [0.25, 0.3) is 5.91 Å². The third-order valence-corrected chi connectivity index (χ3v) is 6.58. The van der Waals surface area contributed by atoms with Crippen LogP contribution < -0.4 is 9.64 Å². The smallest absolute Gasteiger partial charge is 0.260 e. The van der Waals surface area contributed by atoms with Crippen molar-refractivity contribution >= 4 is 44.2 Å². The molecule has 1 aliphatic rings. The Labute approximate surface area is 197 Å². The van der Waals surface area contributed by atoms with Crippen molar-refractivity contribution in [1.29, 1.82) is 0 Å². The number of amides is 1. The maximum absolute atomic E-state index is 13.6. The van der Waals surface area contributed by atoms with Gasteiger partial charge in [-0.05, 0) is 62.7 Å². The third kappa shape index (κ3) is 5.41. The number of hydrogen-bond donors (Lipinski definition) is 0. The number of morpholine rings is 1. The molecule has 0 N–H and O–H groups in total. The van der Waals surface area contributed by atoms with Crippen molar-refractivity contribution in [2.24, 2.45) is 0 Å². The molecule has 0 atom stereocenters. The lowest BCUT2D eigenvalue weighted by Gasteiger charge is -2.29. The first-order chi connectivity index (χ1) is 15.4. The van der Waals surface area contributed by atoms with Crippen LogP contribution in [0.4, 0.5) is 5.13 Å². The minimum atomic E-state index is -0.0721. The Kier molecular flexibility index (Phi) is 7.30. The summed E-state index contributed by atoms with van der Waals surface area (Å²) in [5.41, 5.74) is 2.50. The minimum Gasteiger partial charge on any atom is -0.491 e. The van der Waals surface area contributed by atoms with E-state index in [1.54, 1.807) is 4.90 Å². The summed E-state index contributed by atoms with van der Waals surface area (Å²) in [5, 5.41) is 1.36. The van der Waals surface area contributed by atoms with Crippen LogP contribution in [0, 0.1) is 6.92 Å². The van der Waals surface area contributed by atoms with E-state index in [0.29, 0.717) is 22.3 Å². The van der Waals surface area contributed by atoms with Crippen molar-refractivity contribution in [3.8, 4) is 5.75 Å².